The lowest BCUT2D eigenvalue weighted by Crippen LogP contribution is -2.33. The number of aryl methyl sites for hydroxylation is 1. The first-order chi connectivity index (χ1) is 12.6. The Kier molecular flexibility index (Phi) is 7.96. The number of hydrogen-bond donors (Lipinski definition) is 2. The van der Waals surface area contributed by atoms with Crippen molar-refractivity contribution in [3.63, 3.8) is 0 Å². The lowest BCUT2D eigenvalue weighted by Gasteiger charge is -2.18. The van der Waals surface area contributed by atoms with Crippen molar-refractivity contribution >= 4 is 11.7 Å². The van der Waals surface area contributed by atoms with Gasteiger partial charge in [0.2, 0.25) is 0 Å². The Morgan fingerprint density at radius 1 is 1.12 bits per heavy atom. The van der Waals surface area contributed by atoms with Gasteiger partial charge in [0.05, 0.1) is 12.7 Å². The molecule has 0 aliphatic carbocycles. The van der Waals surface area contributed by atoms with E-state index in [1.165, 1.54) is 0 Å². The summed E-state index contributed by atoms with van der Waals surface area (Å²) >= 11 is 0. The zero-order valence-corrected chi connectivity index (χ0v) is 15.7. The normalized spacial score (nSPS) is 11.7. The highest BCUT2D eigenvalue weighted by Crippen LogP contribution is 2.20. The van der Waals surface area contributed by atoms with Crippen LogP contribution in [0.2, 0.25) is 0 Å². The van der Waals surface area contributed by atoms with Gasteiger partial charge in [-0.15, -0.1) is 0 Å². The molecule has 5 heteroatoms. The first-order valence-electron chi connectivity index (χ1n) is 9.00. The van der Waals surface area contributed by atoms with Crippen molar-refractivity contribution in [1.29, 1.82) is 0 Å². The molecule has 2 rings (SSSR count). The number of hydrogen-bond acceptors (Lipinski definition) is 3. The van der Waals surface area contributed by atoms with Crippen molar-refractivity contribution < 1.29 is 14.3 Å². The van der Waals surface area contributed by atoms with Crippen LogP contribution in [0.3, 0.4) is 0 Å². The number of anilines is 1. The molecule has 0 saturated carbocycles. The standard InChI is InChI=1S/C21H28N2O3/c1-4-5-14-26-18-12-10-17(11-13-18)23-21(24)22-15-20(25-3)19-9-7-6-8-16(19)2/h6-13,20H,4-5,14-15H2,1-3H3,(H2,22,23,24). The van der Waals surface area contributed by atoms with E-state index in [9.17, 15) is 4.79 Å². The van der Waals surface area contributed by atoms with Gasteiger partial charge in [0.15, 0.2) is 0 Å². The number of amides is 2. The fraction of sp³-hybridized carbons (Fsp3) is 0.381. The van der Waals surface area contributed by atoms with Crippen LogP contribution in [0.5, 0.6) is 5.75 Å². The Hall–Kier alpha value is -2.53. The summed E-state index contributed by atoms with van der Waals surface area (Å²) in [4.78, 5) is 12.1. The van der Waals surface area contributed by atoms with Gasteiger partial charge in [-0.3, -0.25) is 0 Å². The largest absolute Gasteiger partial charge is 0.494 e. The van der Waals surface area contributed by atoms with Gasteiger partial charge < -0.3 is 20.1 Å². The summed E-state index contributed by atoms with van der Waals surface area (Å²) in [7, 11) is 1.65. The predicted molar refractivity (Wildman–Crippen MR) is 105 cm³/mol. The molecule has 140 valence electrons. The molecule has 0 spiro atoms. The summed E-state index contributed by atoms with van der Waals surface area (Å²) in [5, 5.41) is 5.68. The Labute approximate surface area is 155 Å². The van der Waals surface area contributed by atoms with Crippen molar-refractivity contribution in [2.75, 3.05) is 25.6 Å². The lowest BCUT2D eigenvalue weighted by atomic mass is 10.0. The van der Waals surface area contributed by atoms with Gasteiger partial charge in [-0.25, -0.2) is 4.79 Å². The molecule has 0 heterocycles. The third kappa shape index (κ3) is 6.08. The highest BCUT2D eigenvalue weighted by atomic mass is 16.5. The number of rotatable bonds is 9. The van der Waals surface area contributed by atoms with Crippen LogP contribution in [0.15, 0.2) is 48.5 Å². The highest BCUT2D eigenvalue weighted by molar-refractivity contribution is 5.89. The topological polar surface area (TPSA) is 59.6 Å². The number of nitrogens with one attached hydrogen (secondary N) is 2. The molecule has 0 saturated heterocycles. The van der Waals surface area contributed by atoms with E-state index in [4.69, 9.17) is 9.47 Å². The minimum absolute atomic E-state index is 0.184. The Morgan fingerprint density at radius 2 is 1.85 bits per heavy atom. The van der Waals surface area contributed by atoms with Crippen molar-refractivity contribution in [3.05, 3.63) is 59.7 Å². The van der Waals surface area contributed by atoms with Crippen molar-refractivity contribution in [1.82, 2.24) is 5.32 Å². The van der Waals surface area contributed by atoms with Crippen LogP contribution >= 0.6 is 0 Å². The van der Waals surface area contributed by atoms with Crippen molar-refractivity contribution in [2.24, 2.45) is 0 Å². The molecule has 1 unspecified atom stereocenters. The summed E-state index contributed by atoms with van der Waals surface area (Å²) < 4.78 is 11.1. The van der Waals surface area contributed by atoms with Crippen molar-refractivity contribution in [2.45, 2.75) is 32.8 Å². The van der Waals surface area contributed by atoms with Crippen molar-refractivity contribution in [3.8, 4) is 5.75 Å². The maximum atomic E-state index is 12.1. The van der Waals surface area contributed by atoms with Crippen LogP contribution in [0.1, 0.15) is 37.0 Å². The number of carbonyl (C=O) groups is 1. The van der Waals surface area contributed by atoms with Gasteiger partial charge in [-0.1, -0.05) is 37.6 Å². The SMILES string of the molecule is CCCCOc1ccc(NC(=O)NCC(OC)c2ccccc2C)cc1. The average Bonchev–Trinajstić information content (AvgIpc) is 2.65. The van der Waals surface area contributed by atoms with E-state index in [1.807, 2.05) is 55.5 Å². The summed E-state index contributed by atoms with van der Waals surface area (Å²) in [6.45, 7) is 5.26. The quantitative estimate of drug-likeness (QED) is 0.641. The zero-order chi connectivity index (χ0) is 18.8. The fourth-order valence-electron chi connectivity index (χ4n) is 2.60. The minimum atomic E-state index is -0.264. The average molecular weight is 356 g/mol. The van der Waals surface area contributed by atoms with E-state index < -0.39 is 0 Å². The number of ether oxygens (including phenoxy) is 2. The second kappa shape index (κ2) is 10.5. The van der Waals surface area contributed by atoms with Gasteiger partial charge in [-0.05, 0) is 48.7 Å². The van der Waals surface area contributed by atoms with Crippen LogP contribution in [0.4, 0.5) is 10.5 Å². The molecule has 2 aromatic rings. The van der Waals surface area contributed by atoms with Crippen LogP contribution < -0.4 is 15.4 Å². The number of unbranched alkanes of at least 4 members (excludes halogenated alkanes) is 1. The smallest absolute Gasteiger partial charge is 0.319 e. The Balaban J connectivity index is 1.83. The monoisotopic (exact) mass is 356 g/mol. The molecule has 0 fully saturated rings. The maximum Gasteiger partial charge on any atom is 0.319 e. The van der Waals surface area contributed by atoms with Crippen LogP contribution in [-0.4, -0.2) is 26.3 Å². The highest BCUT2D eigenvalue weighted by Gasteiger charge is 2.14. The first kappa shape index (κ1) is 19.8. The zero-order valence-electron chi connectivity index (χ0n) is 15.7. The van der Waals surface area contributed by atoms with E-state index in [-0.39, 0.29) is 12.1 Å². The molecule has 26 heavy (non-hydrogen) atoms. The maximum absolute atomic E-state index is 12.1. The van der Waals surface area contributed by atoms with Gasteiger partial charge >= 0.3 is 6.03 Å². The third-order valence-corrected chi connectivity index (χ3v) is 4.15. The molecule has 0 aliphatic rings. The molecular weight excluding hydrogens is 328 g/mol. The number of methoxy groups -OCH3 is 1. The molecular formula is C21H28N2O3. The second-order valence-electron chi connectivity index (χ2n) is 6.14. The van der Waals surface area contributed by atoms with Gasteiger partial charge in [0, 0.05) is 19.3 Å². The number of urea groups is 1. The minimum Gasteiger partial charge on any atom is -0.494 e. The molecule has 0 aromatic heterocycles. The molecule has 2 aromatic carbocycles. The van der Waals surface area contributed by atoms with Crippen LogP contribution in [-0.2, 0) is 4.74 Å². The molecule has 0 bridgehead atoms. The number of carbonyl (C=O) groups excluding carboxylic acids is 1. The summed E-state index contributed by atoms with van der Waals surface area (Å²) in [5.41, 5.74) is 2.93. The molecule has 2 N–H and O–H groups in total. The van der Waals surface area contributed by atoms with E-state index in [2.05, 4.69) is 17.6 Å². The fourth-order valence-corrected chi connectivity index (χ4v) is 2.60. The molecule has 5 nitrogen and oxygen atoms in total. The molecule has 0 radical (unpaired) electrons. The molecule has 1 atom stereocenters. The van der Waals surface area contributed by atoms with Gasteiger partial charge in [0.25, 0.3) is 0 Å². The first-order valence-corrected chi connectivity index (χ1v) is 9.00. The van der Waals surface area contributed by atoms with Gasteiger partial charge in [0.1, 0.15) is 5.75 Å². The summed E-state index contributed by atoms with van der Waals surface area (Å²) in [5.74, 6) is 0.809. The number of benzene rings is 2. The summed E-state index contributed by atoms with van der Waals surface area (Å²) in [6, 6.07) is 15.1. The van der Waals surface area contributed by atoms with E-state index in [0.29, 0.717) is 13.2 Å². The van der Waals surface area contributed by atoms with E-state index >= 15 is 0 Å². The summed E-state index contributed by atoms with van der Waals surface area (Å²) in [6.07, 6.45) is 1.95. The van der Waals surface area contributed by atoms with Crippen LogP contribution in [0, 0.1) is 6.92 Å². The molecule has 2 amide bonds. The third-order valence-electron chi connectivity index (χ3n) is 4.15. The Morgan fingerprint density at radius 3 is 2.50 bits per heavy atom. The van der Waals surface area contributed by atoms with E-state index in [0.717, 1.165) is 35.4 Å². The molecule has 0 aliphatic heterocycles. The Bertz CT molecular complexity index is 686. The second-order valence-corrected chi connectivity index (χ2v) is 6.14. The predicted octanol–water partition coefficient (Wildman–Crippen LogP) is 4.68. The van der Waals surface area contributed by atoms with Crippen LogP contribution in [0.25, 0.3) is 0 Å². The lowest BCUT2D eigenvalue weighted by molar-refractivity contribution is 0.104. The van der Waals surface area contributed by atoms with E-state index in [1.54, 1.807) is 7.11 Å². The van der Waals surface area contributed by atoms with Gasteiger partial charge in [-0.2, -0.15) is 0 Å².